The Bertz CT molecular complexity index is 1190. The fraction of sp³-hybridized carbons (Fsp3) is 0.250. The largest absolute Gasteiger partial charge is 0.455 e. The van der Waals surface area contributed by atoms with E-state index in [9.17, 15) is 22.0 Å². The van der Waals surface area contributed by atoms with Gasteiger partial charge >= 0.3 is 0 Å². The second-order valence-corrected chi connectivity index (χ2v) is 9.33. The number of fused-ring (bicyclic) bond motifs is 1. The van der Waals surface area contributed by atoms with Gasteiger partial charge in [0.15, 0.2) is 0 Å². The first-order valence-corrected chi connectivity index (χ1v) is 11.6. The molecule has 160 valence electrons. The molecule has 1 aromatic heterocycles. The highest BCUT2D eigenvalue weighted by atomic mass is 79.9. The molecule has 3 rings (SSSR count). The van der Waals surface area contributed by atoms with Crippen LogP contribution in [0.2, 0.25) is 0 Å². The summed E-state index contributed by atoms with van der Waals surface area (Å²) in [6, 6.07) is 8.54. The van der Waals surface area contributed by atoms with Crippen molar-refractivity contribution in [3.63, 3.8) is 0 Å². The number of sulfonamides is 1. The van der Waals surface area contributed by atoms with Crippen molar-refractivity contribution in [2.75, 3.05) is 30.8 Å². The Hall–Kier alpha value is -2.46. The molecule has 1 amide bonds. The van der Waals surface area contributed by atoms with Gasteiger partial charge in [0.25, 0.3) is 5.91 Å². The molecule has 0 unspecified atom stereocenters. The average Bonchev–Trinajstić information content (AvgIpc) is 3.05. The highest BCUT2D eigenvalue weighted by Crippen LogP contribution is 2.39. The molecule has 1 heterocycles. The third-order valence-electron chi connectivity index (χ3n) is 4.48. The highest BCUT2D eigenvalue weighted by molar-refractivity contribution is 9.10. The maximum absolute atomic E-state index is 13.3. The zero-order chi connectivity index (χ0) is 22.1. The summed E-state index contributed by atoms with van der Waals surface area (Å²) in [6.45, 7) is -0.713. The van der Waals surface area contributed by atoms with Crippen molar-refractivity contribution in [1.82, 2.24) is 5.32 Å². The van der Waals surface area contributed by atoms with E-state index in [4.69, 9.17) is 4.42 Å². The summed E-state index contributed by atoms with van der Waals surface area (Å²) in [5.74, 6) is -0.619. The number of furan rings is 1. The molecule has 0 saturated carbocycles. The topological polar surface area (TPSA) is 79.6 Å². The van der Waals surface area contributed by atoms with Crippen LogP contribution in [0.5, 0.6) is 0 Å². The minimum Gasteiger partial charge on any atom is -0.455 e. The second kappa shape index (κ2) is 8.73. The van der Waals surface area contributed by atoms with Gasteiger partial charge in [0.2, 0.25) is 10.0 Å². The van der Waals surface area contributed by atoms with Crippen LogP contribution in [0.15, 0.2) is 45.3 Å². The molecule has 10 heteroatoms. The lowest BCUT2D eigenvalue weighted by atomic mass is 10.0. The van der Waals surface area contributed by atoms with Gasteiger partial charge in [-0.25, -0.2) is 12.8 Å². The van der Waals surface area contributed by atoms with Crippen LogP contribution in [0.4, 0.5) is 14.5 Å². The van der Waals surface area contributed by atoms with E-state index in [0.717, 1.165) is 10.6 Å². The summed E-state index contributed by atoms with van der Waals surface area (Å²) in [5, 5.41) is 3.00. The number of carbonyl (C=O) groups is 1. The molecule has 6 nitrogen and oxygen atoms in total. The fourth-order valence-electron chi connectivity index (χ4n) is 3.12. The van der Waals surface area contributed by atoms with Gasteiger partial charge in [-0.05, 0) is 52.7 Å². The number of halogens is 3. The number of nitrogens with one attached hydrogen (secondary N) is 1. The van der Waals surface area contributed by atoms with E-state index in [1.54, 1.807) is 6.07 Å². The maximum atomic E-state index is 13.3. The van der Waals surface area contributed by atoms with Gasteiger partial charge in [-0.3, -0.25) is 13.5 Å². The lowest BCUT2D eigenvalue weighted by molar-refractivity contribution is 0.0964. The Kier molecular flexibility index (Phi) is 6.47. The molecule has 0 aliphatic rings. The first kappa shape index (κ1) is 22.2. The Morgan fingerprint density at radius 1 is 1.23 bits per heavy atom. The van der Waals surface area contributed by atoms with Crippen LogP contribution in [-0.2, 0) is 10.0 Å². The van der Waals surface area contributed by atoms with Crippen LogP contribution in [0.25, 0.3) is 22.3 Å². The van der Waals surface area contributed by atoms with E-state index in [0.29, 0.717) is 15.4 Å². The minimum atomic E-state index is -3.69. The van der Waals surface area contributed by atoms with E-state index in [1.807, 2.05) is 0 Å². The van der Waals surface area contributed by atoms with E-state index < -0.39 is 28.4 Å². The monoisotopic (exact) mass is 500 g/mol. The standard InChI is InChI=1S/C20H19BrF2N2O4S/c1-24-20(26)18-14-10-15(21)16(25(9-3-8-22)30(2,27)28)11-17(14)29-19(18)12-4-6-13(23)7-5-12/h4-7,10-11H,3,8-9H2,1-2H3,(H,24,26). The van der Waals surface area contributed by atoms with Crippen LogP contribution in [0, 0.1) is 5.82 Å². The molecule has 30 heavy (non-hydrogen) atoms. The van der Waals surface area contributed by atoms with Crippen molar-refractivity contribution in [2.24, 2.45) is 0 Å². The summed E-state index contributed by atoms with van der Waals surface area (Å²) in [5.41, 5.74) is 1.25. The quantitative estimate of drug-likeness (QED) is 0.518. The average molecular weight is 501 g/mol. The lowest BCUT2D eigenvalue weighted by Crippen LogP contribution is -2.31. The molecule has 0 fully saturated rings. The molecular weight excluding hydrogens is 482 g/mol. The SMILES string of the molecule is CNC(=O)c1c(-c2ccc(F)cc2)oc2cc(N(CCCF)S(C)(=O)=O)c(Br)cc12. The van der Waals surface area contributed by atoms with Crippen LogP contribution < -0.4 is 9.62 Å². The maximum Gasteiger partial charge on any atom is 0.255 e. The summed E-state index contributed by atoms with van der Waals surface area (Å²) >= 11 is 3.36. The molecule has 0 atom stereocenters. The number of nitrogens with zero attached hydrogens (tertiary/aromatic N) is 1. The minimum absolute atomic E-state index is 0.0278. The van der Waals surface area contributed by atoms with Crippen molar-refractivity contribution >= 4 is 48.5 Å². The number of anilines is 1. The lowest BCUT2D eigenvalue weighted by Gasteiger charge is -2.23. The van der Waals surface area contributed by atoms with E-state index in [1.165, 1.54) is 37.4 Å². The molecule has 0 aliphatic heterocycles. The molecule has 2 aromatic carbocycles. The Morgan fingerprint density at radius 3 is 2.47 bits per heavy atom. The highest BCUT2D eigenvalue weighted by Gasteiger charge is 2.26. The smallest absolute Gasteiger partial charge is 0.255 e. The fourth-order valence-corrected chi connectivity index (χ4v) is 4.76. The molecule has 0 spiro atoms. The molecule has 1 N–H and O–H groups in total. The van der Waals surface area contributed by atoms with E-state index in [-0.39, 0.29) is 35.6 Å². The van der Waals surface area contributed by atoms with Crippen LogP contribution in [0.3, 0.4) is 0 Å². The summed E-state index contributed by atoms with van der Waals surface area (Å²) in [4.78, 5) is 12.6. The predicted molar refractivity (Wildman–Crippen MR) is 115 cm³/mol. The number of rotatable bonds is 7. The summed E-state index contributed by atoms with van der Waals surface area (Å²) in [7, 11) is -2.21. The number of hydrogen-bond acceptors (Lipinski definition) is 4. The number of hydrogen-bond donors (Lipinski definition) is 1. The van der Waals surface area contributed by atoms with Gasteiger partial charge in [-0.2, -0.15) is 0 Å². The third kappa shape index (κ3) is 4.34. The zero-order valence-corrected chi connectivity index (χ0v) is 18.6. The Labute approximate surface area is 181 Å². The van der Waals surface area contributed by atoms with Crippen LogP contribution >= 0.6 is 15.9 Å². The number of alkyl halides is 1. The van der Waals surface area contributed by atoms with Crippen LogP contribution in [-0.4, -0.2) is 40.8 Å². The Morgan fingerprint density at radius 2 is 1.90 bits per heavy atom. The number of benzene rings is 2. The third-order valence-corrected chi connectivity index (χ3v) is 6.30. The van der Waals surface area contributed by atoms with E-state index in [2.05, 4.69) is 21.2 Å². The van der Waals surface area contributed by atoms with Gasteiger partial charge in [0, 0.05) is 35.1 Å². The second-order valence-electron chi connectivity index (χ2n) is 6.57. The molecule has 3 aromatic rings. The normalized spacial score (nSPS) is 11.6. The number of carbonyl (C=O) groups excluding carboxylic acids is 1. The summed E-state index contributed by atoms with van der Waals surface area (Å²) < 4.78 is 57.9. The summed E-state index contributed by atoms with van der Waals surface area (Å²) in [6.07, 6.45) is 1.06. The van der Waals surface area contributed by atoms with Crippen molar-refractivity contribution < 1.29 is 26.4 Å². The first-order chi connectivity index (χ1) is 14.2. The van der Waals surface area contributed by atoms with Gasteiger partial charge in [0.1, 0.15) is 17.2 Å². The number of amides is 1. The zero-order valence-electron chi connectivity index (χ0n) is 16.2. The van der Waals surface area contributed by atoms with Crippen LogP contribution in [0.1, 0.15) is 16.8 Å². The molecule has 0 bridgehead atoms. The van der Waals surface area contributed by atoms with Crippen molar-refractivity contribution in [2.45, 2.75) is 6.42 Å². The predicted octanol–water partition coefficient (Wildman–Crippen LogP) is 4.49. The van der Waals surface area contributed by atoms with Gasteiger partial charge < -0.3 is 9.73 Å². The van der Waals surface area contributed by atoms with Gasteiger partial charge in [0.05, 0.1) is 24.2 Å². The first-order valence-electron chi connectivity index (χ1n) is 8.95. The van der Waals surface area contributed by atoms with E-state index >= 15 is 0 Å². The van der Waals surface area contributed by atoms with Gasteiger partial charge in [-0.15, -0.1) is 0 Å². The van der Waals surface area contributed by atoms with Gasteiger partial charge in [-0.1, -0.05) is 0 Å². The van der Waals surface area contributed by atoms with Crippen molar-refractivity contribution in [3.8, 4) is 11.3 Å². The molecule has 0 saturated heterocycles. The molecule has 0 radical (unpaired) electrons. The van der Waals surface area contributed by atoms with Crippen molar-refractivity contribution in [3.05, 3.63) is 52.3 Å². The molecule has 0 aliphatic carbocycles. The Balaban J connectivity index is 2.26. The van der Waals surface area contributed by atoms with Crippen molar-refractivity contribution in [1.29, 1.82) is 0 Å². The molecular formula is C20H19BrF2N2O4S.